The fourth-order valence-electron chi connectivity index (χ4n) is 0.673. The summed E-state index contributed by atoms with van der Waals surface area (Å²) in [5.41, 5.74) is 0.775. The monoisotopic (exact) mass is 132 g/mol. The molecule has 9 heavy (non-hydrogen) atoms. The van der Waals surface area contributed by atoms with Crippen LogP contribution in [0.4, 0.5) is 0 Å². The van der Waals surface area contributed by atoms with Gasteiger partial charge in [-0.05, 0) is 6.92 Å². The predicted molar refractivity (Wildman–Crippen MR) is 36.4 cm³/mol. The molecule has 0 N–H and O–H groups in total. The van der Waals surface area contributed by atoms with Crippen molar-refractivity contribution in [2.45, 2.75) is 6.92 Å². The molecule has 0 bridgehead atoms. The Morgan fingerprint density at radius 2 is 1.78 bits per heavy atom. The molecule has 0 atom stereocenters. The highest BCUT2D eigenvalue weighted by Crippen LogP contribution is 1.97. The first-order valence-corrected chi connectivity index (χ1v) is 2.86. The van der Waals surface area contributed by atoms with Gasteiger partial charge in [-0.15, -0.1) is 0 Å². The third-order valence-electron chi connectivity index (χ3n) is 1.18. The lowest BCUT2D eigenvalue weighted by atomic mass is 10.8. The molecule has 0 fully saturated rings. The summed E-state index contributed by atoms with van der Waals surface area (Å²) in [6, 6.07) is 9.23. The fourth-order valence-corrected chi connectivity index (χ4v) is 0.673. The standard InChI is InChI=1S/C8H8O/c1-7(9)8-5-3-2-4-6-8/h2-6H,1H3/i2+2,3+2,4+2,5+2,6+2,8+2. The normalized spacial score (nSPS) is 9.00. The lowest BCUT2D eigenvalue weighted by molar-refractivity contribution is 0.101. The number of carbonyl (C=O) groups excluding carboxylic acids is 1. The Morgan fingerprint density at radius 3 is 2.11 bits per heavy atom. The molecule has 0 amide bonds. The third kappa shape index (κ3) is 1.39. The van der Waals surface area contributed by atoms with E-state index in [1.54, 1.807) is 6.92 Å². The van der Waals surface area contributed by atoms with Gasteiger partial charge in [-0.3, -0.25) is 4.79 Å². The van der Waals surface area contributed by atoms with E-state index < -0.39 is 0 Å². The first-order valence-electron chi connectivity index (χ1n) is 2.86. The highest BCUT2D eigenvalue weighted by atomic mass is 16.2. The summed E-state index contributed by atoms with van der Waals surface area (Å²) in [6.07, 6.45) is 0. The second-order valence-corrected chi connectivity index (χ2v) is 1.92. The molecule has 0 aliphatic heterocycles. The van der Waals surface area contributed by atoms with Crippen molar-refractivity contribution in [2.75, 3.05) is 0 Å². The van der Waals surface area contributed by atoms with E-state index in [1.807, 2.05) is 30.3 Å². The van der Waals surface area contributed by atoms with Crippen LogP contribution < -0.4 is 0 Å². The first kappa shape index (κ1) is 6.02. The lowest BCUT2D eigenvalue weighted by Gasteiger charge is -1.89. The number of Topliss-reactive ketones (excluding diaryl/α,β-unsaturated/α-hetero) is 1. The Hall–Kier alpha value is -1.11. The summed E-state index contributed by atoms with van der Waals surface area (Å²) in [5.74, 6) is 0.121. The van der Waals surface area contributed by atoms with E-state index in [9.17, 15) is 4.79 Å². The van der Waals surface area contributed by atoms with Crippen molar-refractivity contribution in [3.63, 3.8) is 0 Å². The van der Waals surface area contributed by atoms with Crippen LogP contribution in [0, 0.1) is 0 Å². The SMILES string of the molecule is CC(=O)[14c]1[14cH][14cH][14cH][14cH][14cH]1. The highest BCUT2D eigenvalue weighted by Gasteiger charge is 1.92. The Labute approximate surface area is 54.3 Å². The topological polar surface area (TPSA) is 17.1 Å². The third-order valence-corrected chi connectivity index (χ3v) is 1.18. The maximum Gasteiger partial charge on any atom is 0.159 e. The quantitative estimate of drug-likeness (QED) is 0.533. The van der Waals surface area contributed by atoms with Gasteiger partial charge in [0.1, 0.15) is 0 Å². The Bertz CT molecular complexity index is 201. The maximum absolute atomic E-state index is 10.6. The number of carbonyl (C=O) groups is 1. The molecule has 0 unspecified atom stereocenters. The van der Waals surface area contributed by atoms with Crippen LogP contribution in [0.2, 0.25) is 0 Å². The van der Waals surface area contributed by atoms with Crippen LogP contribution in [0.5, 0.6) is 0 Å². The molecule has 0 aromatic heterocycles. The summed E-state index contributed by atoms with van der Waals surface area (Å²) in [6.45, 7) is 1.56. The maximum atomic E-state index is 10.6. The molecular weight excluding hydrogens is 124 g/mol. The molecule has 0 aliphatic rings. The smallest absolute Gasteiger partial charge is 0.159 e. The van der Waals surface area contributed by atoms with Crippen molar-refractivity contribution < 1.29 is 4.79 Å². The van der Waals surface area contributed by atoms with Crippen molar-refractivity contribution >= 4 is 5.78 Å². The summed E-state index contributed by atoms with van der Waals surface area (Å²) in [7, 11) is 0. The Morgan fingerprint density at radius 1 is 1.22 bits per heavy atom. The number of ketones is 1. The Kier molecular flexibility index (Phi) is 1.63. The summed E-state index contributed by atoms with van der Waals surface area (Å²) >= 11 is 0. The molecule has 0 spiro atoms. The van der Waals surface area contributed by atoms with E-state index in [0.29, 0.717) is 0 Å². The van der Waals surface area contributed by atoms with E-state index in [2.05, 4.69) is 0 Å². The van der Waals surface area contributed by atoms with Crippen LogP contribution in [0.1, 0.15) is 17.3 Å². The van der Waals surface area contributed by atoms with Crippen molar-refractivity contribution in [1.29, 1.82) is 0 Å². The molecule has 0 saturated carbocycles. The van der Waals surface area contributed by atoms with Crippen molar-refractivity contribution in [1.82, 2.24) is 0 Å². The van der Waals surface area contributed by atoms with Gasteiger partial charge in [0, 0.05) is 5.56 Å². The summed E-state index contributed by atoms with van der Waals surface area (Å²) in [5, 5.41) is 0. The summed E-state index contributed by atoms with van der Waals surface area (Å²) in [4.78, 5) is 10.6. The van der Waals surface area contributed by atoms with Crippen molar-refractivity contribution in [2.24, 2.45) is 0 Å². The molecule has 1 rings (SSSR count). The number of benzene rings is 1. The van der Waals surface area contributed by atoms with Gasteiger partial charge in [-0.1, -0.05) is 30.3 Å². The van der Waals surface area contributed by atoms with Gasteiger partial charge < -0.3 is 0 Å². The first-order chi connectivity index (χ1) is 4.30. The van der Waals surface area contributed by atoms with Gasteiger partial charge in [-0.2, -0.15) is 0 Å². The lowest BCUT2D eigenvalue weighted by Crippen LogP contribution is -1.88. The van der Waals surface area contributed by atoms with Gasteiger partial charge in [0.15, 0.2) is 5.78 Å². The van der Waals surface area contributed by atoms with Gasteiger partial charge in [0.05, 0.1) is 0 Å². The molecule has 0 aliphatic carbocycles. The van der Waals surface area contributed by atoms with Crippen LogP contribution in [0.3, 0.4) is 0 Å². The number of rotatable bonds is 1. The van der Waals surface area contributed by atoms with Crippen LogP contribution in [0.15, 0.2) is 30.3 Å². The van der Waals surface area contributed by atoms with Crippen molar-refractivity contribution in [3.8, 4) is 0 Å². The molecule has 0 heterocycles. The van der Waals surface area contributed by atoms with E-state index in [0.717, 1.165) is 5.56 Å². The average molecular weight is 132 g/mol. The van der Waals surface area contributed by atoms with Crippen LogP contribution in [-0.4, -0.2) is 5.78 Å². The van der Waals surface area contributed by atoms with Gasteiger partial charge in [0.25, 0.3) is 0 Å². The zero-order valence-corrected chi connectivity index (χ0v) is 5.29. The largest absolute Gasteiger partial charge is 0.295 e. The van der Waals surface area contributed by atoms with Gasteiger partial charge >= 0.3 is 0 Å². The van der Waals surface area contributed by atoms with Gasteiger partial charge in [-0.25, -0.2) is 0 Å². The minimum Gasteiger partial charge on any atom is -0.295 e. The second-order valence-electron chi connectivity index (χ2n) is 1.92. The molecule has 1 aromatic rings. The van der Waals surface area contributed by atoms with E-state index in [-0.39, 0.29) is 5.78 Å². The molecule has 0 saturated heterocycles. The minimum absolute atomic E-state index is 0.121. The zero-order chi connectivity index (χ0) is 6.69. The summed E-state index contributed by atoms with van der Waals surface area (Å²) < 4.78 is 0. The second kappa shape index (κ2) is 2.44. The molecule has 1 heteroatoms. The van der Waals surface area contributed by atoms with Crippen LogP contribution in [-0.2, 0) is 0 Å². The molecule has 1 nitrogen and oxygen atoms in total. The molecule has 0 radical (unpaired) electrons. The van der Waals surface area contributed by atoms with Crippen LogP contribution in [0.25, 0.3) is 0 Å². The Balaban J connectivity index is 2.98. The predicted octanol–water partition coefficient (Wildman–Crippen LogP) is 1.89. The average Bonchev–Trinajstić information content (AvgIpc) is 1.90. The van der Waals surface area contributed by atoms with E-state index in [4.69, 9.17) is 0 Å². The molecular formula is C8H8O. The van der Waals surface area contributed by atoms with E-state index >= 15 is 0 Å². The zero-order valence-electron chi connectivity index (χ0n) is 5.29. The van der Waals surface area contributed by atoms with Crippen LogP contribution >= 0.6 is 0 Å². The van der Waals surface area contributed by atoms with Gasteiger partial charge in [0.2, 0.25) is 0 Å². The van der Waals surface area contributed by atoms with Crippen molar-refractivity contribution in [3.05, 3.63) is 35.9 Å². The molecule has 46 valence electrons. The number of hydrogen-bond donors (Lipinski definition) is 0. The molecule has 1 aromatic carbocycles. The number of hydrogen-bond acceptors (Lipinski definition) is 1. The highest BCUT2D eigenvalue weighted by molar-refractivity contribution is 5.93. The minimum atomic E-state index is 0.121. The van der Waals surface area contributed by atoms with E-state index in [1.165, 1.54) is 0 Å². The fraction of sp³-hybridized carbons (Fsp3) is 0.125.